The van der Waals surface area contributed by atoms with Gasteiger partial charge in [-0.1, -0.05) is 108 Å². The third kappa shape index (κ3) is 29.7. The minimum absolute atomic E-state index is 0.000245. The zero-order chi connectivity index (χ0) is 100. The number of hydrogen-bond donors (Lipinski definition) is 19. The van der Waals surface area contributed by atoms with E-state index in [1.807, 2.05) is 32.0 Å². The molecule has 3 aliphatic heterocycles. The summed E-state index contributed by atoms with van der Waals surface area (Å²) in [6.07, 6.45) is 4.38. The number of aromatic amines is 2. The number of carbonyl (C=O) groups is 17. The lowest BCUT2D eigenvalue weighted by molar-refractivity contribution is -0.149. The van der Waals surface area contributed by atoms with Crippen molar-refractivity contribution in [3.05, 3.63) is 132 Å². The Labute approximate surface area is 801 Å². The van der Waals surface area contributed by atoms with Crippen molar-refractivity contribution in [3.63, 3.8) is 0 Å². The maximum atomic E-state index is 15.9. The molecule has 17 amide bonds. The number of likely N-dealkylation sites (N-methyl/N-ethyl adjacent to an activating group) is 3. The molecule has 3 aliphatic rings. The minimum atomic E-state index is -2.07. The summed E-state index contributed by atoms with van der Waals surface area (Å²) in [4.78, 5) is 268. The van der Waals surface area contributed by atoms with Gasteiger partial charge in [-0.25, -0.2) is 4.98 Å². The summed E-state index contributed by atoms with van der Waals surface area (Å²) in [7, 11) is 3.93. The van der Waals surface area contributed by atoms with E-state index in [0.717, 1.165) is 36.1 Å². The van der Waals surface area contributed by atoms with Crippen LogP contribution < -0.4 is 75.7 Å². The van der Waals surface area contributed by atoms with Crippen LogP contribution in [0.2, 0.25) is 0 Å². The molecule has 0 radical (unpaired) electrons. The number of phenolic OH excluding ortho intramolecular Hbond substituents is 1. The number of phenols is 1. The number of fused-ring (bicyclic) bond motifs is 4. The maximum Gasteiger partial charge on any atom is 0.251 e. The number of thioether (sulfide) groups is 1. The van der Waals surface area contributed by atoms with Crippen LogP contribution in [-0.4, -0.2) is 299 Å². The van der Waals surface area contributed by atoms with E-state index in [1.165, 1.54) is 81.1 Å². The molecule has 3 saturated heterocycles. The second-order valence-corrected chi connectivity index (χ2v) is 37.3. The molecule has 0 saturated carbocycles. The number of guanidine groups is 1. The Hall–Kier alpha value is -13.7. The van der Waals surface area contributed by atoms with Gasteiger partial charge in [-0.15, -0.1) is 23.1 Å². The number of aliphatic hydroxyl groups excluding tert-OH is 1. The number of rotatable bonds is 26. The molecule has 42 nitrogen and oxygen atoms in total. The van der Waals surface area contributed by atoms with Crippen molar-refractivity contribution < 1.29 is 91.7 Å². The van der Waals surface area contributed by atoms with Gasteiger partial charge in [0.2, 0.25) is 94.5 Å². The second-order valence-electron chi connectivity index (χ2n) is 35.4. The Morgan fingerprint density at radius 1 is 0.577 bits per heavy atom. The number of amides is 17. The molecule has 44 heteroatoms. The molecule has 3 aromatic carbocycles. The van der Waals surface area contributed by atoms with Gasteiger partial charge >= 0.3 is 0 Å². The van der Waals surface area contributed by atoms with Crippen LogP contribution in [0.25, 0.3) is 21.0 Å². The number of hydrogen-bond acceptors (Lipinski definition) is 23. The number of thiophene rings is 1. The predicted molar refractivity (Wildman–Crippen MR) is 511 cm³/mol. The van der Waals surface area contributed by atoms with Crippen LogP contribution in [0.3, 0.4) is 0 Å². The van der Waals surface area contributed by atoms with E-state index in [2.05, 4.69) is 80.0 Å². The molecule has 0 bridgehead atoms. The van der Waals surface area contributed by atoms with E-state index in [9.17, 15) is 53.4 Å². The minimum Gasteiger partial charge on any atom is -0.510 e. The molecule has 9 rings (SSSR count). The first-order valence-corrected chi connectivity index (χ1v) is 48.0. The molecule has 22 N–H and O–H groups in total. The van der Waals surface area contributed by atoms with Gasteiger partial charge < -0.3 is 120 Å². The first-order chi connectivity index (χ1) is 65.2. The summed E-state index contributed by atoms with van der Waals surface area (Å²) in [5.41, 5.74) is 19.3. The van der Waals surface area contributed by atoms with E-state index < -0.39 is 227 Å². The van der Waals surface area contributed by atoms with Crippen molar-refractivity contribution in [2.24, 2.45) is 23.1 Å². The number of unbranched alkanes of at least 4 members (excludes halogenated alkanes) is 2. The summed E-state index contributed by atoms with van der Waals surface area (Å²) in [5.74, 6) is -18.5. The Morgan fingerprint density at radius 3 is 1.83 bits per heavy atom. The molecule has 742 valence electrons. The number of aromatic nitrogens is 3. The molecule has 0 spiro atoms. The van der Waals surface area contributed by atoms with Gasteiger partial charge in [0.1, 0.15) is 90.1 Å². The number of imidazole rings is 1. The fourth-order valence-corrected chi connectivity index (χ4v) is 18.9. The SMILES string of the molecule is C=C(O)[C@@H]1NC(=O)[C@H](Cc2c[nH]c3ccccc23)NC(=O)[C@@H]2CC[C@H](C)N2C(=O)[C@H](CC(C)C)NC(=O)[C@H](Cc2cnc[nH]2)NC(=O)[C@@H]2CCCN2C(=O)[C@H](CC(N)=O)NC(=O)[C@H](C)N(C)C(=O)[C@H](Cc2ccc(O)cc2)NC(=O)CSCC(C(=O)NCC(N)=O)NC(=O)[C@H](CCCNC(=N)N)NC(=O)[C@H](CCCC)N(C)C(=O)[C@H](CCCC)N(C)C(=O)[C@H](Cc2csc3ccccc23)NC1=O. The lowest BCUT2D eigenvalue weighted by Crippen LogP contribution is -2.62. The fraction of sp³-hybridized carbons (Fsp3) is 0.516. The third-order valence-corrected chi connectivity index (χ3v) is 26.7. The quantitative estimate of drug-likeness (QED) is 0.0150. The van der Waals surface area contributed by atoms with Gasteiger partial charge in [-0.3, -0.25) is 86.9 Å². The van der Waals surface area contributed by atoms with E-state index in [-0.39, 0.29) is 108 Å². The molecule has 15 atom stereocenters. The van der Waals surface area contributed by atoms with Gasteiger partial charge in [-0.2, -0.15) is 0 Å². The molecule has 1 unspecified atom stereocenters. The highest BCUT2D eigenvalue weighted by molar-refractivity contribution is 8.00. The van der Waals surface area contributed by atoms with Gasteiger partial charge in [0.15, 0.2) is 12.0 Å². The molecular weight excluding hydrogens is 1810 g/mol. The van der Waals surface area contributed by atoms with Gasteiger partial charge in [0.05, 0.1) is 25.0 Å². The van der Waals surface area contributed by atoms with Crippen molar-refractivity contribution in [3.8, 4) is 5.75 Å². The summed E-state index contributed by atoms with van der Waals surface area (Å²) in [6, 6.07) is -2.38. The highest BCUT2D eigenvalue weighted by atomic mass is 32.2. The van der Waals surface area contributed by atoms with Crippen LogP contribution in [-0.2, 0) is 107 Å². The lowest BCUT2D eigenvalue weighted by atomic mass is 9.99. The number of para-hydroxylation sites is 1. The Bertz CT molecular complexity index is 5340. The number of aliphatic hydroxyl groups is 1. The molecule has 3 fully saturated rings. The molecule has 6 heterocycles. The number of nitrogens with two attached hydrogens (primary N) is 3. The van der Waals surface area contributed by atoms with Gasteiger partial charge in [-0.05, 0) is 129 Å². The summed E-state index contributed by atoms with van der Waals surface area (Å²) < 4.78 is 0.810. The topological polar surface area (TPSA) is 626 Å². The van der Waals surface area contributed by atoms with E-state index in [0.29, 0.717) is 64.4 Å². The number of carbonyl (C=O) groups excluding carboxylic acids is 17. The highest BCUT2D eigenvalue weighted by Gasteiger charge is 2.47. The second kappa shape index (κ2) is 50.8. The monoisotopic (exact) mass is 1940 g/mol. The van der Waals surface area contributed by atoms with Crippen LogP contribution in [0.4, 0.5) is 0 Å². The van der Waals surface area contributed by atoms with Crippen LogP contribution in [0, 0.1) is 11.3 Å². The van der Waals surface area contributed by atoms with Crippen LogP contribution in [0.1, 0.15) is 154 Å². The van der Waals surface area contributed by atoms with Crippen molar-refractivity contribution in [1.82, 2.24) is 97.9 Å². The van der Waals surface area contributed by atoms with Crippen molar-refractivity contribution in [2.75, 3.05) is 52.3 Å². The molecular formula is C93H129N23O19S2. The number of nitrogens with zero attached hydrogens (tertiary/aromatic N) is 6. The van der Waals surface area contributed by atoms with E-state index in [1.54, 1.807) is 62.7 Å². The van der Waals surface area contributed by atoms with Crippen LogP contribution in [0.15, 0.2) is 109 Å². The highest BCUT2D eigenvalue weighted by Crippen LogP contribution is 2.31. The van der Waals surface area contributed by atoms with Gasteiger partial charge in [0, 0.05) is 105 Å². The molecule has 137 heavy (non-hydrogen) atoms. The van der Waals surface area contributed by atoms with Crippen LogP contribution in [0.5, 0.6) is 5.75 Å². The number of nitrogens with one attached hydrogen (secondary N) is 14. The standard InChI is InChI=1S/C93H129N23O19S2/c1-11-13-25-70-84(127)104-62(24-19-35-99-93(96)97)81(124)110-69(80(123)101-45-76(95)120)47-136-48-77(121)103-66(38-54-30-32-58(118)33-31-54)88(131)112(8)52(6)79(122)107-68(42-75(94)119)90(133)115-36-20-27-71(115)85(128)106-64(41-57-44-98-49-102-57)82(125)108-65(37-50(3)4)91(134)116-51(5)29-34-72(116)86(129)105-63(39-55-43-100-61-23-17-15-21-59(55)61)83(126)111-78(53(7)117)87(130)109-67(40-56-46-137-74-28-18-16-22-60(56)74)89(132)114(10)73(26-14-12-2)92(135)113(70)9/h15-18,21-23,28,30-33,43-44,46,49-52,62-73,78,100,117-118H,7,11-14,19-20,24-27,29,34-42,45,47-48H2,1-6,8-10H3,(H2,94,119)(H2,95,120)(H,98,102)(H,101,123)(H,103,121)(H,104,127)(H,105,129)(H,106,128)(H,107,122)(H,108,125)(H,109,130)(H,110,124)(H,111,126)(H4,96,97,99)/t51-,52-,62-,63-,64-,65-,66-,67-,68-,69?,70-,71-,72-,73-,78-/m0/s1. The number of aromatic hydroxyl groups is 1. The zero-order valence-electron chi connectivity index (χ0n) is 78.5. The van der Waals surface area contributed by atoms with Gasteiger partial charge in [0.25, 0.3) is 5.91 Å². The van der Waals surface area contributed by atoms with Crippen molar-refractivity contribution in [2.45, 2.75) is 248 Å². The average Bonchev–Trinajstić information content (AvgIpc) is 1.55. The number of benzene rings is 3. The first-order valence-electron chi connectivity index (χ1n) is 46.0. The van der Waals surface area contributed by atoms with Crippen LogP contribution >= 0.6 is 23.1 Å². The summed E-state index contributed by atoms with van der Waals surface area (Å²) in [6.45, 7) is 13.1. The average molecular weight is 1940 g/mol. The summed E-state index contributed by atoms with van der Waals surface area (Å²) in [5, 5.41) is 62.2. The number of primary amides is 2. The molecule has 6 aromatic rings. The Morgan fingerprint density at radius 2 is 1.18 bits per heavy atom. The smallest absolute Gasteiger partial charge is 0.251 e. The van der Waals surface area contributed by atoms with Crippen molar-refractivity contribution >= 4 is 150 Å². The predicted octanol–water partition coefficient (Wildman–Crippen LogP) is 0.302. The van der Waals surface area contributed by atoms with E-state index in [4.69, 9.17) is 22.6 Å². The molecule has 3 aromatic heterocycles. The number of H-pyrrole nitrogens is 2. The normalized spacial score (nSPS) is 24.5. The zero-order valence-corrected chi connectivity index (χ0v) is 80.1. The maximum absolute atomic E-state index is 15.9. The first kappa shape index (κ1) is 107. The van der Waals surface area contributed by atoms with E-state index >= 15 is 38.4 Å². The Balaban J connectivity index is 1.11. The fourth-order valence-electron chi connectivity index (χ4n) is 17.0. The summed E-state index contributed by atoms with van der Waals surface area (Å²) >= 11 is 2.11. The largest absolute Gasteiger partial charge is 0.510 e. The molecule has 0 aliphatic carbocycles. The Kier molecular flexibility index (Phi) is 39.6. The van der Waals surface area contributed by atoms with Crippen molar-refractivity contribution in [1.29, 1.82) is 5.41 Å². The third-order valence-electron chi connectivity index (χ3n) is 24.6. The lowest BCUT2D eigenvalue weighted by Gasteiger charge is -2.36.